The lowest BCUT2D eigenvalue weighted by molar-refractivity contribution is -0.136. The van der Waals surface area contributed by atoms with Crippen LogP contribution in [0.1, 0.15) is 125 Å². The van der Waals surface area contributed by atoms with Gasteiger partial charge in [0.05, 0.1) is 16.8 Å². The smallest absolute Gasteiger partial charge is 0.181 e. The van der Waals surface area contributed by atoms with E-state index in [0.29, 0.717) is 0 Å². The molecule has 0 saturated heterocycles. The van der Waals surface area contributed by atoms with E-state index in [-0.39, 0.29) is 22.7 Å². The topological polar surface area (TPSA) is 59.4 Å². The molecule has 0 radical (unpaired) electrons. The molecule has 1 N–H and O–H groups in total. The van der Waals surface area contributed by atoms with E-state index in [1.165, 1.54) is 11.1 Å². The van der Waals surface area contributed by atoms with Crippen LogP contribution in [0.3, 0.4) is 0 Å². The number of aromatic nitrogens is 1. The number of carbonyl (C=O) groups is 1. The number of thiazole rings is 1. The van der Waals surface area contributed by atoms with E-state index in [1.807, 2.05) is 27.7 Å². The Morgan fingerprint density at radius 3 is 2.36 bits per heavy atom. The number of nitrogens with zero attached hydrogens (tertiary/aromatic N) is 1. The standard InChI is InChI=1S/C33H59NO3SSi/c1-12-39(32(7,8)9)37-21-15-20-33(10,11)31(36)27(5)30(35)26(4)19-14-17-24(2)16-13-18-25(3)22-29-23-38-28(6)34-29/h16,22-23,26-27,30,35,39H,12-15,17-21H2,1-11H3/b24-16+,25-22+/t26-,27+,30+,39?/m0/s1. The Labute approximate surface area is 246 Å². The van der Waals surface area contributed by atoms with Crippen molar-refractivity contribution < 1.29 is 14.3 Å². The van der Waals surface area contributed by atoms with Gasteiger partial charge in [0.2, 0.25) is 0 Å². The van der Waals surface area contributed by atoms with Gasteiger partial charge in [0.1, 0.15) is 5.78 Å². The molecule has 1 rings (SSSR count). The van der Waals surface area contributed by atoms with Gasteiger partial charge in [-0.2, -0.15) is 0 Å². The molecule has 4 nitrogen and oxygen atoms in total. The Morgan fingerprint density at radius 2 is 1.79 bits per heavy atom. The molecule has 0 aliphatic heterocycles. The summed E-state index contributed by atoms with van der Waals surface area (Å²) < 4.78 is 6.27. The van der Waals surface area contributed by atoms with Gasteiger partial charge in [-0.05, 0) is 88.8 Å². The minimum absolute atomic E-state index is 0.103. The molecule has 4 atom stereocenters. The highest BCUT2D eigenvalue weighted by Crippen LogP contribution is 2.33. The molecule has 1 aromatic heterocycles. The Balaban J connectivity index is 2.43. The third kappa shape index (κ3) is 13.4. The van der Waals surface area contributed by atoms with Crippen molar-refractivity contribution in [3.8, 4) is 0 Å². The fraction of sp³-hybridized carbons (Fsp3) is 0.758. The SMILES string of the molecule is CC[SiH](OCCCC(C)(C)C(=O)[C@H](C)[C@H](O)[C@@H](C)CCC/C(C)=C/CC/C(C)=C/c1csc(C)n1)C(C)(C)C. The molecule has 39 heavy (non-hydrogen) atoms. The van der Waals surface area contributed by atoms with Crippen LogP contribution in [-0.2, 0) is 9.22 Å². The van der Waals surface area contributed by atoms with Gasteiger partial charge in [-0.15, -0.1) is 11.3 Å². The van der Waals surface area contributed by atoms with Gasteiger partial charge in [-0.1, -0.05) is 72.6 Å². The summed E-state index contributed by atoms with van der Waals surface area (Å²) in [6.07, 6.45) is 10.7. The van der Waals surface area contributed by atoms with E-state index in [9.17, 15) is 9.90 Å². The number of hydrogen-bond acceptors (Lipinski definition) is 5. The van der Waals surface area contributed by atoms with Crippen molar-refractivity contribution >= 4 is 32.2 Å². The van der Waals surface area contributed by atoms with Crippen molar-refractivity contribution in [1.82, 2.24) is 4.98 Å². The Morgan fingerprint density at radius 1 is 1.13 bits per heavy atom. The summed E-state index contributed by atoms with van der Waals surface area (Å²) in [5.74, 6) is -0.0730. The predicted octanol–water partition coefficient (Wildman–Crippen LogP) is 9.32. The molecule has 0 fully saturated rings. The highest BCUT2D eigenvalue weighted by Gasteiger charge is 2.36. The molecule has 0 aliphatic carbocycles. The zero-order valence-electron chi connectivity index (χ0n) is 27.0. The zero-order chi connectivity index (χ0) is 29.8. The molecular formula is C33H59NO3SSi. The normalized spacial score (nSPS) is 16.7. The lowest BCUT2D eigenvalue weighted by Crippen LogP contribution is -2.39. The lowest BCUT2D eigenvalue weighted by Gasteiger charge is -2.32. The molecule has 224 valence electrons. The fourth-order valence-electron chi connectivity index (χ4n) is 5.40. The van der Waals surface area contributed by atoms with Crippen molar-refractivity contribution in [3.05, 3.63) is 33.3 Å². The monoisotopic (exact) mass is 577 g/mol. The highest BCUT2D eigenvalue weighted by atomic mass is 32.1. The third-order valence-electron chi connectivity index (χ3n) is 8.07. The van der Waals surface area contributed by atoms with Gasteiger partial charge in [-0.25, -0.2) is 4.98 Å². The van der Waals surface area contributed by atoms with E-state index < -0.39 is 20.6 Å². The molecule has 6 heteroatoms. The maximum absolute atomic E-state index is 13.3. The molecule has 0 spiro atoms. The highest BCUT2D eigenvalue weighted by molar-refractivity contribution is 7.09. The summed E-state index contributed by atoms with van der Waals surface area (Å²) in [4.78, 5) is 17.8. The number of hydrogen-bond donors (Lipinski definition) is 1. The van der Waals surface area contributed by atoms with Crippen LogP contribution in [0.2, 0.25) is 11.1 Å². The Hall–Kier alpha value is -1.08. The number of rotatable bonds is 18. The van der Waals surface area contributed by atoms with E-state index >= 15 is 0 Å². The molecule has 0 bridgehead atoms. The van der Waals surface area contributed by atoms with Crippen LogP contribution in [0.25, 0.3) is 6.08 Å². The van der Waals surface area contributed by atoms with Crippen LogP contribution in [0, 0.1) is 24.2 Å². The second kappa shape index (κ2) is 17.0. The zero-order valence-corrected chi connectivity index (χ0v) is 29.0. The molecule has 0 aromatic carbocycles. The van der Waals surface area contributed by atoms with Crippen molar-refractivity contribution in [2.24, 2.45) is 17.3 Å². The molecule has 0 saturated carbocycles. The first-order valence-corrected chi connectivity index (χ1v) is 17.9. The Kier molecular flexibility index (Phi) is 15.7. The average molecular weight is 578 g/mol. The average Bonchev–Trinajstić information content (AvgIpc) is 3.25. The number of ketones is 1. The second-order valence-electron chi connectivity index (χ2n) is 13.5. The van der Waals surface area contributed by atoms with Crippen LogP contribution < -0.4 is 0 Å². The predicted molar refractivity (Wildman–Crippen MR) is 173 cm³/mol. The van der Waals surface area contributed by atoms with Crippen LogP contribution in [0.4, 0.5) is 0 Å². The van der Waals surface area contributed by atoms with Crippen LogP contribution >= 0.6 is 11.3 Å². The number of carbonyl (C=O) groups excluding carboxylic acids is 1. The summed E-state index contributed by atoms with van der Waals surface area (Å²) in [6, 6.07) is 1.13. The van der Waals surface area contributed by atoms with Gasteiger partial charge in [0.15, 0.2) is 9.04 Å². The van der Waals surface area contributed by atoms with Crippen molar-refractivity contribution in [2.45, 2.75) is 138 Å². The molecule has 1 unspecified atom stereocenters. The number of aliphatic hydroxyl groups excluding tert-OH is 1. The lowest BCUT2D eigenvalue weighted by atomic mass is 9.74. The third-order valence-corrected chi connectivity index (χ3v) is 12.2. The van der Waals surface area contributed by atoms with Gasteiger partial charge >= 0.3 is 0 Å². The van der Waals surface area contributed by atoms with E-state index in [4.69, 9.17) is 4.43 Å². The fourth-order valence-corrected chi connectivity index (χ4v) is 8.38. The Bertz CT molecular complexity index is 928. The summed E-state index contributed by atoms with van der Waals surface area (Å²) in [5, 5.41) is 14.5. The van der Waals surface area contributed by atoms with Gasteiger partial charge < -0.3 is 9.53 Å². The minimum Gasteiger partial charge on any atom is -0.420 e. The quantitative estimate of drug-likeness (QED) is 0.107. The van der Waals surface area contributed by atoms with Gasteiger partial charge in [0.25, 0.3) is 0 Å². The molecular weight excluding hydrogens is 519 g/mol. The largest absolute Gasteiger partial charge is 0.420 e. The van der Waals surface area contributed by atoms with Gasteiger partial charge in [0, 0.05) is 23.3 Å². The molecule has 1 aromatic rings. The number of aliphatic hydroxyl groups is 1. The van der Waals surface area contributed by atoms with Crippen molar-refractivity contribution in [2.75, 3.05) is 6.61 Å². The number of allylic oxidation sites excluding steroid dienone is 3. The van der Waals surface area contributed by atoms with E-state index in [2.05, 4.69) is 71.0 Å². The maximum atomic E-state index is 13.3. The number of aryl methyl sites for hydroxylation is 1. The van der Waals surface area contributed by atoms with Crippen molar-refractivity contribution in [3.63, 3.8) is 0 Å². The minimum atomic E-state index is -1.24. The second-order valence-corrected chi connectivity index (χ2v) is 18.4. The first-order valence-electron chi connectivity index (χ1n) is 15.2. The van der Waals surface area contributed by atoms with Gasteiger partial charge in [-0.3, -0.25) is 4.79 Å². The van der Waals surface area contributed by atoms with Crippen LogP contribution in [0.15, 0.2) is 22.6 Å². The maximum Gasteiger partial charge on any atom is 0.181 e. The molecule has 1 heterocycles. The van der Waals surface area contributed by atoms with Crippen LogP contribution in [-0.4, -0.2) is 37.6 Å². The molecule has 0 amide bonds. The first-order chi connectivity index (χ1) is 18.1. The van der Waals surface area contributed by atoms with E-state index in [1.54, 1.807) is 11.3 Å². The van der Waals surface area contributed by atoms with Crippen molar-refractivity contribution in [1.29, 1.82) is 0 Å². The first kappa shape index (κ1) is 35.9. The van der Waals surface area contributed by atoms with E-state index in [0.717, 1.165) is 68.3 Å². The summed E-state index contributed by atoms with van der Waals surface area (Å²) in [5.41, 5.74) is 3.38. The molecule has 0 aliphatic rings. The summed E-state index contributed by atoms with van der Waals surface area (Å²) in [7, 11) is -1.24. The van der Waals surface area contributed by atoms with Crippen LogP contribution in [0.5, 0.6) is 0 Å². The summed E-state index contributed by atoms with van der Waals surface area (Å²) >= 11 is 1.69. The summed E-state index contributed by atoms with van der Waals surface area (Å²) in [6.45, 7) is 24.3. The number of Topliss-reactive ketones (excluding diaryl/α,β-unsaturated/α-hetero) is 1.